The van der Waals surface area contributed by atoms with E-state index in [1.165, 1.54) is 10.7 Å². The van der Waals surface area contributed by atoms with Gasteiger partial charge in [-0.15, -0.1) is 5.10 Å². The second-order valence-electron chi connectivity index (χ2n) is 3.81. The van der Waals surface area contributed by atoms with Crippen LogP contribution in [0.1, 0.15) is 13.8 Å². The minimum Gasteiger partial charge on any atom is -0.368 e. The van der Waals surface area contributed by atoms with Crippen LogP contribution in [0.4, 0.5) is 16.3 Å². The third-order valence-electron chi connectivity index (χ3n) is 2.75. The smallest absolute Gasteiger partial charge is 0.246 e. The number of halogens is 1. The first kappa shape index (κ1) is 12.3. The lowest BCUT2D eigenvalue weighted by Crippen LogP contribution is -2.23. The zero-order valence-electron chi connectivity index (χ0n) is 10.5. The second kappa shape index (κ2) is 5.03. The van der Waals surface area contributed by atoms with Crippen molar-refractivity contribution in [1.29, 1.82) is 0 Å². The quantitative estimate of drug-likeness (QED) is 0.898. The van der Waals surface area contributed by atoms with E-state index in [1.807, 2.05) is 18.7 Å². The van der Waals surface area contributed by atoms with E-state index in [0.29, 0.717) is 11.6 Å². The average molecular weight is 249 g/mol. The van der Waals surface area contributed by atoms with Gasteiger partial charge >= 0.3 is 0 Å². The molecule has 0 aliphatic rings. The fraction of sp³-hybridized carbons (Fsp3) is 0.333. The molecule has 0 saturated heterocycles. The molecular formula is C12H16FN5. The van der Waals surface area contributed by atoms with E-state index in [1.54, 1.807) is 18.2 Å². The summed E-state index contributed by atoms with van der Waals surface area (Å²) in [5, 5.41) is 4.25. The van der Waals surface area contributed by atoms with Gasteiger partial charge in [0.2, 0.25) is 11.9 Å². The van der Waals surface area contributed by atoms with E-state index in [2.05, 4.69) is 10.1 Å². The molecule has 2 rings (SSSR count). The SMILES string of the molecule is CCN(CC)c1nc(N)n(-c2ccccc2F)n1. The van der Waals surface area contributed by atoms with Crippen LogP contribution in [0, 0.1) is 5.82 Å². The Morgan fingerprint density at radius 3 is 2.56 bits per heavy atom. The molecule has 0 fully saturated rings. The van der Waals surface area contributed by atoms with Gasteiger partial charge in [0, 0.05) is 13.1 Å². The van der Waals surface area contributed by atoms with Crippen LogP contribution in [0.2, 0.25) is 0 Å². The second-order valence-corrected chi connectivity index (χ2v) is 3.81. The molecule has 2 N–H and O–H groups in total. The van der Waals surface area contributed by atoms with Crippen molar-refractivity contribution in [2.45, 2.75) is 13.8 Å². The van der Waals surface area contributed by atoms with Crippen LogP contribution >= 0.6 is 0 Å². The van der Waals surface area contributed by atoms with E-state index in [0.717, 1.165) is 13.1 Å². The minimum atomic E-state index is -0.375. The molecule has 1 heterocycles. The van der Waals surface area contributed by atoms with Crippen molar-refractivity contribution < 1.29 is 4.39 Å². The van der Waals surface area contributed by atoms with Crippen LogP contribution in [0.15, 0.2) is 24.3 Å². The fourth-order valence-electron chi connectivity index (χ4n) is 1.75. The summed E-state index contributed by atoms with van der Waals surface area (Å²) in [6, 6.07) is 6.34. The third-order valence-corrected chi connectivity index (χ3v) is 2.75. The first-order valence-electron chi connectivity index (χ1n) is 5.89. The number of nitrogen functional groups attached to an aromatic ring is 1. The topological polar surface area (TPSA) is 60.0 Å². The molecule has 0 bridgehead atoms. The van der Waals surface area contributed by atoms with Crippen LogP contribution < -0.4 is 10.6 Å². The predicted molar refractivity (Wildman–Crippen MR) is 69.3 cm³/mol. The van der Waals surface area contributed by atoms with Crippen molar-refractivity contribution >= 4 is 11.9 Å². The summed E-state index contributed by atoms with van der Waals surface area (Å²) in [5.74, 6) is 0.322. The highest BCUT2D eigenvalue weighted by Gasteiger charge is 2.14. The average Bonchev–Trinajstić information content (AvgIpc) is 2.73. The molecule has 6 heteroatoms. The van der Waals surface area contributed by atoms with Crippen molar-refractivity contribution in [1.82, 2.24) is 14.8 Å². The number of para-hydroxylation sites is 1. The molecule has 0 aliphatic heterocycles. The summed E-state index contributed by atoms with van der Waals surface area (Å²) in [6.07, 6.45) is 0. The molecule has 0 atom stereocenters. The first-order valence-corrected chi connectivity index (χ1v) is 5.89. The monoisotopic (exact) mass is 249 g/mol. The lowest BCUT2D eigenvalue weighted by molar-refractivity contribution is 0.611. The lowest BCUT2D eigenvalue weighted by Gasteiger charge is -2.15. The Bertz CT molecular complexity index is 533. The number of anilines is 2. The van der Waals surface area contributed by atoms with Gasteiger partial charge in [-0.25, -0.2) is 4.39 Å². The molecule has 1 aromatic carbocycles. The molecule has 0 unspecified atom stereocenters. The highest BCUT2D eigenvalue weighted by atomic mass is 19.1. The minimum absolute atomic E-state index is 0.182. The number of aromatic nitrogens is 3. The van der Waals surface area contributed by atoms with Crippen molar-refractivity contribution in [3.8, 4) is 5.69 Å². The van der Waals surface area contributed by atoms with Crippen molar-refractivity contribution in [2.24, 2.45) is 0 Å². The molecule has 2 aromatic rings. The molecule has 0 saturated carbocycles. The molecule has 0 spiro atoms. The number of rotatable bonds is 4. The number of hydrogen-bond donors (Lipinski definition) is 1. The Balaban J connectivity index is 2.44. The summed E-state index contributed by atoms with van der Waals surface area (Å²) in [5.41, 5.74) is 6.09. The summed E-state index contributed by atoms with van der Waals surface area (Å²) in [7, 11) is 0. The van der Waals surface area contributed by atoms with Gasteiger partial charge in [-0.05, 0) is 26.0 Å². The lowest BCUT2D eigenvalue weighted by atomic mass is 10.3. The molecule has 18 heavy (non-hydrogen) atoms. The molecular weight excluding hydrogens is 233 g/mol. The van der Waals surface area contributed by atoms with Crippen molar-refractivity contribution in [3.05, 3.63) is 30.1 Å². The standard InChI is InChI=1S/C12H16FN5/c1-3-17(4-2)12-15-11(14)18(16-12)10-8-6-5-7-9(10)13/h5-8H,3-4H2,1-2H3,(H2,14,15,16). The van der Waals surface area contributed by atoms with Gasteiger partial charge < -0.3 is 10.6 Å². The fourth-order valence-corrected chi connectivity index (χ4v) is 1.75. The number of nitrogens with zero attached hydrogens (tertiary/aromatic N) is 4. The van der Waals surface area contributed by atoms with E-state index in [4.69, 9.17) is 5.73 Å². The van der Waals surface area contributed by atoms with Crippen LogP contribution in [0.3, 0.4) is 0 Å². The maximum atomic E-state index is 13.7. The molecule has 96 valence electrons. The van der Waals surface area contributed by atoms with E-state index in [9.17, 15) is 4.39 Å². The highest BCUT2D eigenvalue weighted by molar-refractivity contribution is 5.43. The Kier molecular flexibility index (Phi) is 3.45. The molecule has 0 amide bonds. The number of benzene rings is 1. The van der Waals surface area contributed by atoms with E-state index < -0.39 is 0 Å². The van der Waals surface area contributed by atoms with Gasteiger partial charge in [-0.3, -0.25) is 0 Å². The zero-order chi connectivity index (χ0) is 13.1. The van der Waals surface area contributed by atoms with Gasteiger partial charge in [0.25, 0.3) is 0 Å². The van der Waals surface area contributed by atoms with E-state index in [-0.39, 0.29) is 11.8 Å². The van der Waals surface area contributed by atoms with Crippen LogP contribution in [-0.4, -0.2) is 27.9 Å². The van der Waals surface area contributed by atoms with Gasteiger partial charge in [0.1, 0.15) is 11.5 Å². The summed E-state index contributed by atoms with van der Waals surface area (Å²) in [4.78, 5) is 6.11. The maximum Gasteiger partial charge on any atom is 0.246 e. The van der Waals surface area contributed by atoms with Crippen LogP contribution in [0.25, 0.3) is 5.69 Å². The van der Waals surface area contributed by atoms with Gasteiger partial charge in [-0.1, -0.05) is 12.1 Å². The van der Waals surface area contributed by atoms with Crippen LogP contribution in [0.5, 0.6) is 0 Å². The summed E-state index contributed by atoms with van der Waals surface area (Å²) in [6.45, 7) is 5.56. The van der Waals surface area contributed by atoms with Gasteiger partial charge in [-0.2, -0.15) is 9.67 Å². The first-order chi connectivity index (χ1) is 8.67. The predicted octanol–water partition coefficient (Wildman–Crippen LogP) is 1.83. The molecule has 1 aromatic heterocycles. The third kappa shape index (κ3) is 2.13. The van der Waals surface area contributed by atoms with Crippen molar-refractivity contribution in [2.75, 3.05) is 23.7 Å². The van der Waals surface area contributed by atoms with Gasteiger partial charge in [0.05, 0.1) is 0 Å². The Labute approximate surface area is 105 Å². The number of nitrogens with two attached hydrogens (primary N) is 1. The maximum absolute atomic E-state index is 13.7. The Hall–Kier alpha value is -2.11. The summed E-state index contributed by atoms with van der Waals surface area (Å²) >= 11 is 0. The largest absolute Gasteiger partial charge is 0.368 e. The van der Waals surface area contributed by atoms with Gasteiger partial charge in [0.15, 0.2) is 0 Å². The Morgan fingerprint density at radius 2 is 1.94 bits per heavy atom. The van der Waals surface area contributed by atoms with Crippen LogP contribution in [-0.2, 0) is 0 Å². The zero-order valence-corrected chi connectivity index (χ0v) is 10.5. The normalized spacial score (nSPS) is 10.6. The number of hydrogen-bond acceptors (Lipinski definition) is 4. The molecule has 0 radical (unpaired) electrons. The molecule has 5 nitrogen and oxygen atoms in total. The molecule has 0 aliphatic carbocycles. The Morgan fingerprint density at radius 1 is 1.28 bits per heavy atom. The highest BCUT2D eigenvalue weighted by Crippen LogP contribution is 2.18. The summed E-state index contributed by atoms with van der Waals surface area (Å²) < 4.78 is 15.0. The van der Waals surface area contributed by atoms with E-state index >= 15 is 0 Å². The van der Waals surface area contributed by atoms with Crippen molar-refractivity contribution in [3.63, 3.8) is 0 Å².